The number of hydrogen-bond donors (Lipinski definition) is 3. The summed E-state index contributed by atoms with van der Waals surface area (Å²) in [4.78, 5) is 8.94. The van der Waals surface area contributed by atoms with Crippen molar-refractivity contribution in [2.45, 2.75) is 6.61 Å². The molecule has 0 saturated carbocycles. The second-order valence-electron chi connectivity index (χ2n) is 3.07. The molecule has 6 nitrogen and oxygen atoms in total. The minimum atomic E-state index is 0.403. The highest BCUT2D eigenvalue weighted by molar-refractivity contribution is 9.10. The molecule has 17 heavy (non-hydrogen) atoms. The highest BCUT2D eigenvalue weighted by Gasteiger charge is 2.07. The Labute approximate surface area is 109 Å². The molecule has 0 spiro atoms. The van der Waals surface area contributed by atoms with Crippen LogP contribution in [0.25, 0.3) is 0 Å². The third kappa shape index (κ3) is 5.64. The third-order valence-corrected chi connectivity index (χ3v) is 2.57. The first-order valence-corrected chi connectivity index (χ1v) is 5.52. The number of carbonyl (C=O) groups is 1. The molecule has 0 radical (unpaired) electrons. The van der Waals surface area contributed by atoms with Gasteiger partial charge in [0.05, 0.1) is 12.3 Å². The molecule has 0 atom stereocenters. The van der Waals surface area contributed by atoms with Crippen molar-refractivity contribution in [2.24, 2.45) is 11.7 Å². The highest BCUT2D eigenvalue weighted by atomic mass is 79.9. The SMILES string of the molecule is COCc1c(Br)cccc1N(C)N.NNC=O. The quantitative estimate of drug-likeness (QED) is 0.326. The van der Waals surface area contributed by atoms with Crippen LogP contribution >= 0.6 is 15.9 Å². The second kappa shape index (κ2) is 8.94. The van der Waals surface area contributed by atoms with Crippen molar-refractivity contribution in [3.8, 4) is 0 Å². The molecule has 1 aromatic carbocycles. The minimum Gasteiger partial charge on any atom is -0.380 e. The van der Waals surface area contributed by atoms with Crippen LogP contribution in [0.3, 0.4) is 0 Å². The average molecular weight is 305 g/mol. The maximum atomic E-state index is 8.94. The molecule has 1 aromatic rings. The molecule has 5 N–H and O–H groups in total. The first-order valence-electron chi connectivity index (χ1n) is 4.73. The molecule has 0 aliphatic rings. The van der Waals surface area contributed by atoms with E-state index in [1.165, 1.54) is 0 Å². The summed E-state index contributed by atoms with van der Waals surface area (Å²) in [5.74, 6) is 10.1. The van der Waals surface area contributed by atoms with Gasteiger partial charge in [0.1, 0.15) is 0 Å². The fourth-order valence-corrected chi connectivity index (χ4v) is 1.64. The Kier molecular flexibility index (Phi) is 8.34. The largest absolute Gasteiger partial charge is 0.380 e. The number of hydrazine groups is 2. The molecule has 0 aliphatic heterocycles. The molecule has 0 bridgehead atoms. The lowest BCUT2D eigenvalue weighted by atomic mass is 10.2. The molecule has 0 aromatic heterocycles. The second-order valence-corrected chi connectivity index (χ2v) is 3.92. The Morgan fingerprint density at radius 3 is 2.59 bits per heavy atom. The number of benzene rings is 1. The van der Waals surface area contributed by atoms with Crippen LogP contribution in [0.1, 0.15) is 5.56 Å². The lowest BCUT2D eigenvalue weighted by Gasteiger charge is -2.17. The number of amides is 1. The maximum absolute atomic E-state index is 8.94. The molecule has 96 valence electrons. The summed E-state index contributed by atoms with van der Waals surface area (Å²) in [6, 6.07) is 5.88. The number of nitrogens with zero attached hydrogens (tertiary/aromatic N) is 1. The van der Waals surface area contributed by atoms with Crippen LogP contribution in [0, 0.1) is 0 Å². The Bertz CT molecular complexity index is 347. The van der Waals surface area contributed by atoms with Crippen molar-refractivity contribution in [1.29, 1.82) is 0 Å². The predicted molar refractivity (Wildman–Crippen MR) is 70.8 cm³/mol. The van der Waals surface area contributed by atoms with Crippen LogP contribution in [-0.4, -0.2) is 20.6 Å². The van der Waals surface area contributed by atoms with Gasteiger partial charge >= 0.3 is 0 Å². The number of carbonyl (C=O) groups excluding carboxylic acids is 1. The van der Waals surface area contributed by atoms with Gasteiger partial charge in [0.2, 0.25) is 6.41 Å². The number of ether oxygens (including phenoxy) is 1. The predicted octanol–water partition coefficient (Wildman–Crippen LogP) is 0.512. The molecule has 1 amide bonds. The maximum Gasteiger partial charge on any atom is 0.221 e. The molecule has 1 rings (SSSR count). The van der Waals surface area contributed by atoms with Gasteiger partial charge < -0.3 is 9.75 Å². The summed E-state index contributed by atoms with van der Waals surface area (Å²) >= 11 is 3.45. The van der Waals surface area contributed by atoms with E-state index < -0.39 is 0 Å². The van der Waals surface area contributed by atoms with E-state index in [1.807, 2.05) is 18.2 Å². The van der Waals surface area contributed by atoms with Crippen molar-refractivity contribution in [2.75, 3.05) is 19.2 Å². The van der Waals surface area contributed by atoms with Crippen molar-refractivity contribution < 1.29 is 9.53 Å². The van der Waals surface area contributed by atoms with Crippen LogP contribution in [0.15, 0.2) is 22.7 Å². The zero-order chi connectivity index (χ0) is 13.3. The fraction of sp³-hybridized carbons (Fsp3) is 0.300. The van der Waals surface area contributed by atoms with Crippen LogP contribution in [0.4, 0.5) is 5.69 Å². The first-order chi connectivity index (χ1) is 8.08. The summed E-state index contributed by atoms with van der Waals surface area (Å²) < 4.78 is 6.11. The number of hydrogen-bond acceptors (Lipinski definition) is 5. The molecule has 0 saturated heterocycles. The number of nitrogens with two attached hydrogens (primary N) is 2. The standard InChI is InChI=1S/C9H13BrN2O.CH4N2O/c1-12(11)9-5-3-4-8(10)7(9)6-13-2;2-3-1-4/h3-5H,6,11H2,1-2H3;1H,2H2,(H,3,4). The number of nitrogens with one attached hydrogen (secondary N) is 1. The van der Waals surface area contributed by atoms with Crippen LogP contribution in [0.2, 0.25) is 0 Å². The summed E-state index contributed by atoms with van der Waals surface area (Å²) in [7, 11) is 3.47. The molecule has 0 unspecified atom stereocenters. The molecule has 0 fully saturated rings. The minimum absolute atomic E-state index is 0.403. The Hall–Kier alpha value is -1.15. The summed E-state index contributed by atoms with van der Waals surface area (Å²) in [5.41, 5.74) is 3.78. The average Bonchev–Trinajstić information content (AvgIpc) is 2.32. The molecule has 0 aliphatic carbocycles. The summed E-state index contributed by atoms with van der Waals surface area (Å²) in [6.07, 6.45) is 0.403. The number of rotatable bonds is 4. The van der Waals surface area contributed by atoms with Gasteiger partial charge in [-0.3, -0.25) is 10.2 Å². The number of halogens is 1. The Balaban J connectivity index is 0.000000557. The lowest BCUT2D eigenvalue weighted by molar-refractivity contribution is -0.109. The van der Waals surface area contributed by atoms with Crippen LogP contribution in [0.5, 0.6) is 0 Å². The summed E-state index contributed by atoms with van der Waals surface area (Å²) in [5, 5.41) is 1.58. The van der Waals surface area contributed by atoms with E-state index in [2.05, 4.69) is 21.8 Å². The molecule has 0 heterocycles. The van der Waals surface area contributed by atoms with E-state index in [1.54, 1.807) is 24.6 Å². The highest BCUT2D eigenvalue weighted by Crippen LogP contribution is 2.26. The van der Waals surface area contributed by atoms with Gasteiger partial charge in [-0.1, -0.05) is 22.0 Å². The van der Waals surface area contributed by atoms with Gasteiger partial charge in [-0.25, -0.2) is 11.7 Å². The molecular weight excluding hydrogens is 288 g/mol. The smallest absolute Gasteiger partial charge is 0.221 e. The van der Waals surface area contributed by atoms with Gasteiger partial charge in [0.15, 0.2) is 0 Å². The molecular formula is C10H17BrN4O2. The van der Waals surface area contributed by atoms with Crippen LogP contribution in [-0.2, 0) is 16.1 Å². The van der Waals surface area contributed by atoms with Gasteiger partial charge in [-0.2, -0.15) is 0 Å². The summed E-state index contributed by atoms with van der Waals surface area (Å²) in [6.45, 7) is 0.554. The fourth-order valence-electron chi connectivity index (χ4n) is 1.16. The van der Waals surface area contributed by atoms with Gasteiger partial charge in [-0.15, -0.1) is 0 Å². The van der Waals surface area contributed by atoms with Crippen molar-refractivity contribution in [1.82, 2.24) is 5.43 Å². The van der Waals surface area contributed by atoms with Crippen molar-refractivity contribution in [3.05, 3.63) is 28.2 Å². The van der Waals surface area contributed by atoms with Crippen molar-refractivity contribution >= 4 is 28.0 Å². The topological polar surface area (TPSA) is 93.6 Å². The van der Waals surface area contributed by atoms with Crippen LogP contribution < -0.4 is 22.1 Å². The number of methoxy groups -OCH3 is 1. The first kappa shape index (κ1) is 15.9. The van der Waals surface area contributed by atoms with E-state index in [-0.39, 0.29) is 0 Å². The molecule has 7 heteroatoms. The zero-order valence-corrected chi connectivity index (χ0v) is 11.4. The van der Waals surface area contributed by atoms with Gasteiger partial charge in [-0.05, 0) is 12.1 Å². The normalized spacial score (nSPS) is 9.00. The van der Waals surface area contributed by atoms with Crippen molar-refractivity contribution in [3.63, 3.8) is 0 Å². The lowest BCUT2D eigenvalue weighted by Crippen LogP contribution is -2.26. The third-order valence-electron chi connectivity index (χ3n) is 1.83. The van der Waals surface area contributed by atoms with E-state index in [0.29, 0.717) is 13.0 Å². The Morgan fingerprint density at radius 2 is 2.18 bits per heavy atom. The zero-order valence-electron chi connectivity index (χ0n) is 9.81. The monoisotopic (exact) mass is 304 g/mol. The van der Waals surface area contributed by atoms with E-state index in [9.17, 15) is 0 Å². The van der Waals surface area contributed by atoms with E-state index in [0.717, 1.165) is 15.7 Å². The van der Waals surface area contributed by atoms with Gasteiger partial charge in [0, 0.05) is 24.2 Å². The number of anilines is 1. The van der Waals surface area contributed by atoms with Gasteiger partial charge in [0.25, 0.3) is 0 Å². The Morgan fingerprint density at radius 1 is 1.59 bits per heavy atom. The van der Waals surface area contributed by atoms with E-state index >= 15 is 0 Å². The van der Waals surface area contributed by atoms with E-state index in [4.69, 9.17) is 15.4 Å².